The van der Waals surface area contributed by atoms with E-state index in [2.05, 4.69) is 6.92 Å². The summed E-state index contributed by atoms with van der Waals surface area (Å²) in [7, 11) is 0. The van der Waals surface area contributed by atoms with Gasteiger partial charge in [-0.15, -0.1) is 0 Å². The molecule has 0 spiro atoms. The third kappa shape index (κ3) is 6.63. The molecular formula is C16H23ClO2. The van der Waals surface area contributed by atoms with Crippen molar-refractivity contribution in [3.8, 4) is 5.75 Å². The number of unbranched alkanes of at least 4 members (excludes halogenated alkanes) is 6. The normalized spacial score (nSPS) is 10.4. The van der Waals surface area contributed by atoms with E-state index >= 15 is 0 Å². The second-order valence-electron chi connectivity index (χ2n) is 4.74. The van der Waals surface area contributed by atoms with E-state index < -0.39 is 5.24 Å². The lowest BCUT2D eigenvalue weighted by Crippen LogP contribution is -2.01. The van der Waals surface area contributed by atoms with Crippen LogP contribution in [0, 0.1) is 0 Å². The smallest absolute Gasteiger partial charge is 0.256 e. The Balaban J connectivity index is 2.17. The maximum Gasteiger partial charge on any atom is 0.256 e. The Kier molecular flexibility index (Phi) is 8.31. The van der Waals surface area contributed by atoms with Gasteiger partial charge in [0, 0.05) is 0 Å². The summed E-state index contributed by atoms with van der Waals surface area (Å²) in [5, 5.41) is -0.463. The van der Waals surface area contributed by atoms with Gasteiger partial charge in [0.25, 0.3) is 5.24 Å². The number of benzene rings is 1. The van der Waals surface area contributed by atoms with E-state index in [-0.39, 0.29) is 0 Å². The van der Waals surface area contributed by atoms with Crippen LogP contribution in [0.15, 0.2) is 24.3 Å². The molecule has 0 heterocycles. The lowest BCUT2D eigenvalue weighted by atomic mass is 10.1. The molecule has 0 N–H and O–H groups in total. The second-order valence-corrected chi connectivity index (χ2v) is 5.08. The number of hydrogen-bond donors (Lipinski definition) is 0. The van der Waals surface area contributed by atoms with E-state index in [4.69, 9.17) is 16.3 Å². The van der Waals surface area contributed by atoms with E-state index in [1.54, 1.807) is 18.2 Å². The summed E-state index contributed by atoms with van der Waals surface area (Å²) in [5.74, 6) is 0.591. The number of carbonyl (C=O) groups excluding carboxylic acids is 1. The topological polar surface area (TPSA) is 26.3 Å². The van der Waals surface area contributed by atoms with Crippen LogP contribution >= 0.6 is 11.6 Å². The van der Waals surface area contributed by atoms with Gasteiger partial charge < -0.3 is 4.74 Å². The van der Waals surface area contributed by atoms with Gasteiger partial charge in [0.05, 0.1) is 12.2 Å². The van der Waals surface area contributed by atoms with Crippen molar-refractivity contribution in [3.63, 3.8) is 0 Å². The molecular weight excluding hydrogens is 260 g/mol. The highest BCUT2D eigenvalue weighted by molar-refractivity contribution is 6.68. The molecule has 0 amide bonds. The molecule has 0 saturated heterocycles. The minimum atomic E-state index is -0.463. The fraction of sp³-hybridized carbons (Fsp3) is 0.562. The summed E-state index contributed by atoms with van der Waals surface area (Å²) in [6.45, 7) is 2.87. The minimum absolute atomic E-state index is 0.451. The summed E-state index contributed by atoms with van der Waals surface area (Å²) in [6, 6.07) is 7.12. The van der Waals surface area contributed by atoms with Crippen LogP contribution in [0.1, 0.15) is 62.2 Å². The second kappa shape index (κ2) is 9.85. The van der Waals surface area contributed by atoms with Crippen molar-refractivity contribution in [1.82, 2.24) is 0 Å². The maximum absolute atomic E-state index is 11.2. The molecule has 19 heavy (non-hydrogen) atoms. The van der Waals surface area contributed by atoms with E-state index in [0.717, 1.165) is 6.42 Å². The number of rotatable bonds is 10. The van der Waals surface area contributed by atoms with Gasteiger partial charge >= 0.3 is 0 Å². The molecule has 2 nitrogen and oxygen atoms in total. The van der Waals surface area contributed by atoms with Crippen molar-refractivity contribution in [2.24, 2.45) is 0 Å². The van der Waals surface area contributed by atoms with Gasteiger partial charge in [-0.2, -0.15) is 0 Å². The van der Waals surface area contributed by atoms with Crippen LogP contribution in [0.5, 0.6) is 5.75 Å². The summed E-state index contributed by atoms with van der Waals surface area (Å²) >= 11 is 5.50. The fourth-order valence-corrected chi connectivity index (χ4v) is 2.15. The number of para-hydroxylation sites is 1. The number of carbonyl (C=O) groups is 1. The fourth-order valence-electron chi connectivity index (χ4n) is 2.00. The first-order chi connectivity index (χ1) is 9.25. The Labute approximate surface area is 121 Å². The van der Waals surface area contributed by atoms with Crippen molar-refractivity contribution < 1.29 is 9.53 Å². The van der Waals surface area contributed by atoms with Crippen LogP contribution in [0.25, 0.3) is 0 Å². The van der Waals surface area contributed by atoms with Crippen LogP contribution in [0.3, 0.4) is 0 Å². The van der Waals surface area contributed by atoms with Crippen LogP contribution < -0.4 is 4.74 Å². The molecule has 0 fully saturated rings. The quantitative estimate of drug-likeness (QED) is 0.436. The monoisotopic (exact) mass is 282 g/mol. The van der Waals surface area contributed by atoms with E-state index in [0.29, 0.717) is 17.9 Å². The molecule has 1 aromatic rings. The van der Waals surface area contributed by atoms with Gasteiger partial charge in [-0.1, -0.05) is 57.6 Å². The summed E-state index contributed by atoms with van der Waals surface area (Å²) in [5.41, 5.74) is 0.451. The molecule has 0 aliphatic rings. The van der Waals surface area contributed by atoms with Crippen LogP contribution in [0.4, 0.5) is 0 Å². The minimum Gasteiger partial charge on any atom is -0.493 e. The zero-order valence-electron chi connectivity index (χ0n) is 11.7. The van der Waals surface area contributed by atoms with Gasteiger partial charge in [-0.25, -0.2) is 0 Å². The molecule has 0 bridgehead atoms. The van der Waals surface area contributed by atoms with Gasteiger partial charge in [0.1, 0.15) is 5.75 Å². The summed E-state index contributed by atoms with van der Waals surface area (Å²) < 4.78 is 5.62. The molecule has 0 aromatic heterocycles. The number of hydrogen-bond acceptors (Lipinski definition) is 2. The van der Waals surface area contributed by atoms with Crippen LogP contribution in [0.2, 0.25) is 0 Å². The van der Waals surface area contributed by atoms with E-state index in [1.165, 1.54) is 38.5 Å². The summed E-state index contributed by atoms with van der Waals surface area (Å²) in [4.78, 5) is 11.2. The maximum atomic E-state index is 11.2. The highest BCUT2D eigenvalue weighted by Gasteiger charge is 2.08. The zero-order valence-corrected chi connectivity index (χ0v) is 12.4. The van der Waals surface area contributed by atoms with Crippen LogP contribution in [-0.4, -0.2) is 11.8 Å². The Morgan fingerprint density at radius 2 is 1.68 bits per heavy atom. The molecule has 1 rings (SSSR count). The molecule has 0 radical (unpaired) electrons. The standard InChI is InChI=1S/C16H23ClO2/c1-2-3-4-5-6-7-10-13-19-15-12-9-8-11-14(15)16(17)18/h8-9,11-12H,2-7,10,13H2,1H3. The lowest BCUT2D eigenvalue weighted by molar-refractivity contribution is 0.107. The average Bonchev–Trinajstić information content (AvgIpc) is 2.42. The van der Waals surface area contributed by atoms with Crippen LogP contribution in [-0.2, 0) is 0 Å². The van der Waals surface area contributed by atoms with Crippen molar-refractivity contribution >= 4 is 16.8 Å². The third-order valence-electron chi connectivity index (χ3n) is 3.10. The molecule has 0 unspecified atom stereocenters. The van der Waals surface area contributed by atoms with E-state index in [1.807, 2.05) is 6.07 Å². The largest absolute Gasteiger partial charge is 0.493 e. The Hall–Kier alpha value is -1.02. The highest BCUT2D eigenvalue weighted by Crippen LogP contribution is 2.20. The SMILES string of the molecule is CCCCCCCCCOc1ccccc1C(=O)Cl. The first-order valence-corrected chi connectivity index (χ1v) is 7.55. The Bertz CT molecular complexity index is 377. The summed E-state index contributed by atoms with van der Waals surface area (Å²) in [6.07, 6.45) is 8.73. The van der Waals surface area contributed by atoms with Crippen molar-refractivity contribution in [1.29, 1.82) is 0 Å². The molecule has 106 valence electrons. The average molecular weight is 283 g/mol. The third-order valence-corrected chi connectivity index (χ3v) is 3.31. The van der Waals surface area contributed by atoms with Gasteiger partial charge in [0.2, 0.25) is 0 Å². The van der Waals surface area contributed by atoms with E-state index in [9.17, 15) is 4.79 Å². The van der Waals surface area contributed by atoms with Gasteiger partial charge in [-0.3, -0.25) is 4.79 Å². The lowest BCUT2D eigenvalue weighted by Gasteiger charge is -2.08. The Morgan fingerprint density at radius 3 is 2.37 bits per heavy atom. The molecule has 3 heteroatoms. The molecule has 0 aliphatic heterocycles. The first-order valence-electron chi connectivity index (χ1n) is 7.17. The zero-order chi connectivity index (χ0) is 13.9. The first kappa shape index (κ1) is 16.0. The molecule has 0 aliphatic carbocycles. The number of ether oxygens (including phenoxy) is 1. The van der Waals surface area contributed by atoms with Gasteiger partial charge in [0.15, 0.2) is 0 Å². The predicted molar refractivity (Wildman–Crippen MR) is 80.1 cm³/mol. The van der Waals surface area contributed by atoms with Gasteiger partial charge in [-0.05, 0) is 30.2 Å². The predicted octanol–water partition coefficient (Wildman–Crippen LogP) is 5.20. The molecule has 1 aromatic carbocycles. The highest BCUT2D eigenvalue weighted by atomic mass is 35.5. The van der Waals surface area contributed by atoms with Crippen molar-refractivity contribution in [2.75, 3.05) is 6.61 Å². The number of halogens is 1. The molecule has 0 atom stereocenters. The van der Waals surface area contributed by atoms with Crippen molar-refractivity contribution in [3.05, 3.63) is 29.8 Å². The van der Waals surface area contributed by atoms with Crippen molar-refractivity contribution in [2.45, 2.75) is 51.9 Å². The Morgan fingerprint density at radius 1 is 1.05 bits per heavy atom. The molecule has 0 saturated carbocycles.